The molecule has 0 aromatic carbocycles. The van der Waals surface area contributed by atoms with Crippen molar-refractivity contribution in [3.05, 3.63) is 11.8 Å². The highest BCUT2D eigenvalue weighted by Crippen LogP contribution is 2.10. The number of hydrogen-bond donors (Lipinski definition) is 1. The number of nitrogens with zero attached hydrogens (tertiary/aromatic N) is 2. The smallest absolute Gasteiger partial charge is 0.216 e. The van der Waals surface area contributed by atoms with Crippen molar-refractivity contribution < 1.29 is 4.42 Å². The summed E-state index contributed by atoms with van der Waals surface area (Å²) in [6.45, 7) is 6.41. The van der Waals surface area contributed by atoms with E-state index in [1.165, 1.54) is 44.9 Å². The van der Waals surface area contributed by atoms with Crippen LogP contribution in [0.3, 0.4) is 0 Å². The van der Waals surface area contributed by atoms with Gasteiger partial charge in [-0.05, 0) is 25.9 Å². The van der Waals surface area contributed by atoms with Crippen LogP contribution in [-0.4, -0.2) is 23.3 Å². The molecule has 0 aliphatic rings. The van der Waals surface area contributed by atoms with E-state index in [4.69, 9.17) is 4.42 Å². The molecule has 0 aliphatic heterocycles. The lowest BCUT2D eigenvalue weighted by Crippen LogP contribution is -2.14. The standard InChI is InChI=1S/C16H31N3O/c1-3-5-6-7-8-9-10-12-15-18-19-16(20-15)13-11-14-17-4-2/h17H,3-14H2,1-2H3. The van der Waals surface area contributed by atoms with Gasteiger partial charge in [0, 0.05) is 12.8 Å². The third kappa shape index (κ3) is 8.31. The van der Waals surface area contributed by atoms with E-state index < -0.39 is 0 Å². The van der Waals surface area contributed by atoms with Crippen LogP contribution in [0.15, 0.2) is 4.42 Å². The molecule has 0 radical (unpaired) electrons. The Bertz CT molecular complexity index is 325. The molecule has 1 rings (SSSR count). The summed E-state index contributed by atoms with van der Waals surface area (Å²) in [5, 5.41) is 11.5. The lowest BCUT2D eigenvalue weighted by Gasteiger charge is -1.99. The van der Waals surface area contributed by atoms with Gasteiger partial charge >= 0.3 is 0 Å². The third-order valence-corrected chi connectivity index (χ3v) is 3.50. The van der Waals surface area contributed by atoms with E-state index in [1.807, 2.05) is 0 Å². The third-order valence-electron chi connectivity index (χ3n) is 3.50. The van der Waals surface area contributed by atoms with E-state index in [0.717, 1.165) is 44.1 Å². The van der Waals surface area contributed by atoms with Crippen LogP contribution in [-0.2, 0) is 12.8 Å². The maximum Gasteiger partial charge on any atom is 0.216 e. The molecular formula is C16H31N3O. The van der Waals surface area contributed by atoms with Crippen molar-refractivity contribution >= 4 is 0 Å². The Morgan fingerprint density at radius 2 is 1.40 bits per heavy atom. The Hall–Kier alpha value is -0.900. The fourth-order valence-electron chi connectivity index (χ4n) is 2.27. The first kappa shape index (κ1) is 17.2. The normalized spacial score (nSPS) is 11.1. The van der Waals surface area contributed by atoms with Gasteiger partial charge in [0.2, 0.25) is 11.8 Å². The molecule has 0 saturated heterocycles. The molecule has 1 heterocycles. The Kier molecular flexibility index (Phi) is 10.2. The number of aromatic nitrogens is 2. The van der Waals surface area contributed by atoms with E-state index in [-0.39, 0.29) is 0 Å². The average molecular weight is 281 g/mol. The van der Waals surface area contributed by atoms with Crippen molar-refractivity contribution in [3.8, 4) is 0 Å². The second kappa shape index (κ2) is 11.9. The lowest BCUT2D eigenvalue weighted by molar-refractivity contribution is 0.433. The van der Waals surface area contributed by atoms with E-state index >= 15 is 0 Å². The monoisotopic (exact) mass is 281 g/mol. The predicted molar refractivity (Wildman–Crippen MR) is 82.9 cm³/mol. The molecule has 0 aliphatic carbocycles. The first-order valence-electron chi connectivity index (χ1n) is 8.38. The van der Waals surface area contributed by atoms with Crippen LogP contribution in [0.2, 0.25) is 0 Å². The van der Waals surface area contributed by atoms with Gasteiger partial charge in [-0.1, -0.05) is 52.4 Å². The number of unbranched alkanes of at least 4 members (excludes halogenated alkanes) is 6. The van der Waals surface area contributed by atoms with Crippen LogP contribution in [0.1, 0.15) is 77.0 Å². The van der Waals surface area contributed by atoms with Crippen molar-refractivity contribution in [2.45, 2.75) is 78.1 Å². The molecule has 0 saturated carbocycles. The fraction of sp³-hybridized carbons (Fsp3) is 0.875. The summed E-state index contributed by atoms with van der Waals surface area (Å²) in [6, 6.07) is 0. The molecular weight excluding hydrogens is 250 g/mol. The van der Waals surface area contributed by atoms with E-state index in [2.05, 4.69) is 29.4 Å². The molecule has 1 N–H and O–H groups in total. The molecule has 4 nitrogen and oxygen atoms in total. The Morgan fingerprint density at radius 3 is 2.05 bits per heavy atom. The summed E-state index contributed by atoms with van der Waals surface area (Å²) in [4.78, 5) is 0. The molecule has 1 aromatic heterocycles. The Balaban J connectivity index is 2.02. The molecule has 20 heavy (non-hydrogen) atoms. The topological polar surface area (TPSA) is 51.0 Å². The minimum Gasteiger partial charge on any atom is -0.425 e. The summed E-state index contributed by atoms with van der Waals surface area (Å²) in [5.74, 6) is 1.61. The minimum atomic E-state index is 0.792. The van der Waals surface area contributed by atoms with Gasteiger partial charge in [-0.3, -0.25) is 0 Å². The van der Waals surface area contributed by atoms with Crippen molar-refractivity contribution in [1.29, 1.82) is 0 Å². The van der Waals surface area contributed by atoms with Gasteiger partial charge in [-0.15, -0.1) is 10.2 Å². The van der Waals surface area contributed by atoms with Crippen LogP contribution in [0.5, 0.6) is 0 Å². The fourth-order valence-corrected chi connectivity index (χ4v) is 2.27. The highest BCUT2D eigenvalue weighted by Gasteiger charge is 2.05. The SMILES string of the molecule is CCCCCCCCCc1nnc(CCCNCC)o1. The highest BCUT2D eigenvalue weighted by atomic mass is 16.4. The summed E-state index contributed by atoms with van der Waals surface area (Å²) in [6.07, 6.45) is 12.1. The maximum atomic E-state index is 5.66. The predicted octanol–water partition coefficient (Wildman–Crippen LogP) is 3.90. The van der Waals surface area contributed by atoms with Gasteiger partial charge in [-0.2, -0.15) is 0 Å². The van der Waals surface area contributed by atoms with Gasteiger partial charge in [0.05, 0.1) is 0 Å². The Morgan fingerprint density at radius 1 is 0.800 bits per heavy atom. The number of hydrogen-bond acceptors (Lipinski definition) is 4. The first-order valence-corrected chi connectivity index (χ1v) is 8.38. The van der Waals surface area contributed by atoms with Gasteiger partial charge < -0.3 is 9.73 Å². The second-order valence-electron chi connectivity index (χ2n) is 5.42. The Labute approximate surface area is 123 Å². The molecule has 4 heteroatoms. The van der Waals surface area contributed by atoms with E-state index in [1.54, 1.807) is 0 Å². The van der Waals surface area contributed by atoms with Crippen molar-refractivity contribution in [1.82, 2.24) is 15.5 Å². The lowest BCUT2D eigenvalue weighted by atomic mass is 10.1. The summed E-state index contributed by atoms with van der Waals surface area (Å²) in [7, 11) is 0. The van der Waals surface area contributed by atoms with Crippen LogP contribution in [0.25, 0.3) is 0 Å². The number of nitrogens with one attached hydrogen (secondary N) is 1. The zero-order chi connectivity index (χ0) is 14.5. The van der Waals surface area contributed by atoms with Crippen LogP contribution >= 0.6 is 0 Å². The highest BCUT2D eigenvalue weighted by molar-refractivity contribution is 4.82. The van der Waals surface area contributed by atoms with Gasteiger partial charge in [-0.25, -0.2) is 0 Å². The molecule has 0 fully saturated rings. The van der Waals surface area contributed by atoms with Crippen molar-refractivity contribution in [3.63, 3.8) is 0 Å². The van der Waals surface area contributed by atoms with Crippen molar-refractivity contribution in [2.75, 3.05) is 13.1 Å². The maximum absolute atomic E-state index is 5.66. The summed E-state index contributed by atoms with van der Waals surface area (Å²) < 4.78 is 5.66. The molecule has 0 bridgehead atoms. The van der Waals surface area contributed by atoms with Crippen LogP contribution < -0.4 is 5.32 Å². The molecule has 0 spiro atoms. The average Bonchev–Trinajstić information content (AvgIpc) is 2.90. The zero-order valence-electron chi connectivity index (χ0n) is 13.3. The number of aryl methyl sites for hydroxylation is 2. The van der Waals surface area contributed by atoms with E-state index in [9.17, 15) is 0 Å². The number of rotatable bonds is 13. The molecule has 0 atom stereocenters. The largest absolute Gasteiger partial charge is 0.425 e. The minimum absolute atomic E-state index is 0.792. The molecule has 116 valence electrons. The summed E-state index contributed by atoms with van der Waals surface area (Å²) >= 11 is 0. The quantitative estimate of drug-likeness (QED) is 0.557. The van der Waals surface area contributed by atoms with Gasteiger partial charge in [0.15, 0.2) is 0 Å². The van der Waals surface area contributed by atoms with Gasteiger partial charge in [0.25, 0.3) is 0 Å². The zero-order valence-corrected chi connectivity index (χ0v) is 13.3. The van der Waals surface area contributed by atoms with Gasteiger partial charge in [0.1, 0.15) is 0 Å². The van der Waals surface area contributed by atoms with Crippen molar-refractivity contribution in [2.24, 2.45) is 0 Å². The van der Waals surface area contributed by atoms with Crippen LogP contribution in [0.4, 0.5) is 0 Å². The van der Waals surface area contributed by atoms with E-state index in [0.29, 0.717) is 0 Å². The first-order chi connectivity index (χ1) is 9.86. The molecule has 0 amide bonds. The second-order valence-corrected chi connectivity index (χ2v) is 5.42. The molecule has 0 unspecified atom stereocenters. The molecule has 1 aromatic rings. The van der Waals surface area contributed by atoms with Crippen LogP contribution in [0, 0.1) is 0 Å². The summed E-state index contributed by atoms with van der Waals surface area (Å²) in [5.41, 5.74) is 0.